The van der Waals surface area contributed by atoms with Crippen LogP contribution in [0.15, 0.2) is 36.7 Å². The van der Waals surface area contributed by atoms with Crippen LogP contribution in [0, 0.1) is 5.82 Å². The van der Waals surface area contributed by atoms with Crippen molar-refractivity contribution in [3.63, 3.8) is 0 Å². The van der Waals surface area contributed by atoms with Crippen molar-refractivity contribution in [2.75, 3.05) is 43.4 Å². The maximum absolute atomic E-state index is 14.5. The number of likely N-dealkylation sites (tertiary alicyclic amines) is 1. The van der Waals surface area contributed by atoms with Crippen molar-refractivity contribution >= 4 is 39.1 Å². The third-order valence-corrected chi connectivity index (χ3v) is 6.11. The first kappa shape index (κ1) is 23.9. The van der Waals surface area contributed by atoms with Gasteiger partial charge >= 0.3 is 6.01 Å². The summed E-state index contributed by atoms with van der Waals surface area (Å²) in [5.41, 5.74) is 7.98. The molecule has 1 amide bonds. The summed E-state index contributed by atoms with van der Waals surface area (Å²) in [6, 6.07) is 6.54. The molecule has 1 fully saturated rings. The summed E-state index contributed by atoms with van der Waals surface area (Å²) in [4.78, 5) is 24.5. The maximum Gasteiger partial charge on any atom is 0.316 e. The number of carbonyl (C=O) groups is 1. The number of nitrogens with two attached hydrogens (primary N) is 1. The number of nitrogens with one attached hydrogen (secondary N) is 2. The normalized spacial score (nSPS) is 14.6. The molecule has 5 rings (SSSR count). The maximum atomic E-state index is 14.5. The van der Waals surface area contributed by atoms with Crippen LogP contribution in [0.25, 0.3) is 21.8 Å². The number of anilines is 2. The number of ether oxygens (including phenoxy) is 1. The first-order valence-electron chi connectivity index (χ1n) is 12.0. The molecule has 0 spiro atoms. The Morgan fingerprint density at radius 3 is 2.86 bits per heavy atom. The number of benzene rings is 2. The van der Waals surface area contributed by atoms with Crippen LogP contribution in [0.1, 0.15) is 23.7 Å². The molecule has 2 aromatic carbocycles. The van der Waals surface area contributed by atoms with Crippen LogP contribution in [0.5, 0.6) is 6.01 Å². The Labute approximate surface area is 207 Å². The molecule has 0 saturated carbocycles. The average Bonchev–Trinajstić information content (AvgIpc) is 3.19. The van der Waals surface area contributed by atoms with E-state index in [1.807, 2.05) is 6.92 Å². The molecule has 36 heavy (non-hydrogen) atoms. The SMILES string of the molecule is C[C@H](N)CNc1ccc(C(=O)Nc2cc(F)c3nn(C)cc3c2)c2nc(OCCN3CCC3)ncc12. The van der Waals surface area contributed by atoms with Gasteiger partial charge in [0.05, 0.1) is 11.1 Å². The minimum Gasteiger partial charge on any atom is -0.462 e. The van der Waals surface area contributed by atoms with Gasteiger partial charge in [0.2, 0.25) is 0 Å². The molecule has 1 saturated heterocycles. The minimum atomic E-state index is -0.510. The zero-order chi connectivity index (χ0) is 25.2. The van der Waals surface area contributed by atoms with E-state index in [1.165, 1.54) is 17.2 Å². The monoisotopic (exact) mass is 492 g/mol. The molecule has 4 N–H and O–H groups in total. The molecule has 0 unspecified atom stereocenters. The van der Waals surface area contributed by atoms with E-state index in [1.54, 1.807) is 37.6 Å². The van der Waals surface area contributed by atoms with Gasteiger partial charge in [0.15, 0.2) is 5.82 Å². The Balaban J connectivity index is 1.44. The van der Waals surface area contributed by atoms with Crippen molar-refractivity contribution in [1.29, 1.82) is 0 Å². The smallest absolute Gasteiger partial charge is 0.316 e. The second-order valence-electron chi connectivity index (χ2n) is 9.13. The van der Waals surface area contributed by atoms with Gasteiger partial charge in [0.25, 0.3) is 5.91 Å². The van der Waals surface area contributed by atoms with Gasteiger partial charge < -0.3 is 21.1 Å². The molecule has 11 heteroatoms. The predicted molar refractivity (Wildman–Crippen MR) is 137 cm³/mol. The summed E-state index contributed by atoms with van der Waals surface area (Å²) in [5, 5.41) is 11.4. The lowest BCUT2D eigenvalue weighted by atomic mass is 10.1. The highest BCUT2D eigenvalue weighted by Gasteiger charge is 2.18. The zero-order valence-electron chi connectivity index (χ0n) is 20.3. The van der Waals surface area contributed by atoms with Crippen LogP contribution in [0.3, 0.4) is 0 Å². The van der Waals surface area contributed by atoms with Crippen molar-refractivity contribution in [3.8, 4) is 6.01 Å². The van der Waals surface area contributed by atoms with Crippen LogP contribution in [-0.2, 0) is 7.05 Å². The summed E-state index contributed by atoms with van der Waals surface area (Å²) in [5.74, 6) is -0.935. The molecule has 1 aliphatic heterocycles. The van der Waals surface area contributed by atoms with Crippen LogP contribution in [0.4, 0.5) is 15.8 Å². The Morgan fingerprint density at radius 1 is 1.28 bits per heavy atom. The Kier molecular flexibility index (Phi) is 6.66. The lowest BCUT2D eigenvalue weighted by molar-refractivity contribution is 0.102. The fraction of sp³-hybridized carbons (Fsp3) is 0.360. The van der Waals surface area contributed by atoms with Crippen LogP contribution in [0.2, 0.25) is 0 Å². The van der Waals surface area contributed by atoms with Gasteiger partial charge in [-0.15, -0.1) is 0 Å². The van der Waals surface area contributed by atoms with Crippen molar-refractivity contribution in [2.45, 2.75) is 19.4 Å². The Hall–Kier alpha value is -3.83. The third-order valence-electron chi connectivity index (χ3n) is 6.11. The lowest BCUT2D eigenvalue weighted by Crippen LogP contribution is -2.39. The number of fused-ring (bicyclic) bond motifs is 2. The molecular weight excluding hydrogens is 463 g/mol. The van der Waals surface area contributed by atoms with Crippen molar-refractivity contribution < 1.29 is 13.9 Å². The number of nitrogens with zero attached hydrogens (tertiary/aromatic N) is 5. The number of carbonyl (C=O) groups excluding carboxylic acids is 1. The Morgan fingerprint density at radius 2 is 2.11 bits per heavy atom. The summed E-state index contributed by atoms with van der Waals surface area (Å²) < 4.78 is 21.9. The predicted octanol–water partition coefficient (Wildman–Crippen LogP) is 2.75. The molecule has 0 bridgehead atoms. The molecule has 0 radical (unpaired) electrons. The van der Waals surface area contributed by atoms with E-state index in [9.17, 15) is 9.18 Å². The van der Waals surface area contributed by atoms with E-state index >= 15 is 0 Å². The molecule has 1 atom stereocenters. The summed E-state index contributed by atoms with van der Waals surface area (Å²) in [6.45, 7) is 5.85. The first-order chi connectivity index (χ1) is 17.4. The number of halogens is 1. The van der Waals surface area contributed by atoms with Gasteiger partial charge in [-0.3, -0.25) is 14.4 Å². The van der Waals surface area contributed by atoms with Crippen LogP contribution < -0.4 is 21.1 Å². The van der Waals surface area contributed by atoms with E-state index in [-0.39, 0.29) is 17.6 Å². The summed E-state index contributed by atoms with van der Waals surface area (Å²) >= 11 is 0. The molecule has 4 aromatic rings. The molecule has 0 aliphatic carbocycles. The van der Waals surface area contributed by atoms with Gasteiger partial charge in [-0.1, -0.05) is 0 Å². The van der Waals surface area contributed by atoms with Crippen LogP contribution in [-0.4, -0.2) is 69.4 Å². The van der Waals surface area contributed by atoms with Gasteiger partial charge in [-0.05, 0) is 50.7 Å². The summed E-state index contributed by atoms with van der Waals surface area (Å²) in [6.07, 6.45) is 4.54. The standard InChI is InChI=1S/C25H29FN8O2/c1-15(27)12-28-21-5-4-18(23-19(21)13-29-25(31-23)36-9-8-34-6-3-7-34)24(35)30-17-10-16-14-33(2)32-22(16)20(26)11-17/h4-5,10-11,13-15,28H,3,6-9,12,27H2,1-2H3,(H,30,35)/t15-/m0/s1. The third kappa shape index (κ3) is 5.07. The highest BCUT2D eigenvalue weighted by molar-refractivity contribution is 6.14. The van der Waals surface area contributed by atoms with E-state index in [0.717, 1.165) is 25.3 Å². The van der Waals surface area contributed by atoms with Gasteiger partial charge in [-0.25, -0.2) is 9.37 Å². The molecule has 188 valence electrons. The zero-order valence-corrected chi connectivity index (χ0v) is 20.3. The van der Waals surface area contributed by atoms with Gasteiger partial charge in [0.1, 0.15) is 12.1 Å². The second kappa shape index (κ2) is 10.0. The highest BCUT2D eigenvalue weighted by Crippen LogP contribution is 2.28. The van der Waals surface area contributed by atoms with Crippen LogP contribution >= 0.6 is 0 Å². The number of rotatable bonds is 9. The molecule has 3 heterocycles. The lowest BCUT2D eigenvalue weighted by Gasteiger charge is -2.30. The molecule has 2 aromatic heterocycles. The average molecular weight is 493 g/mol. The highest BCUT2D eigenvalue weighted by atomic mass is 19.1. The topological polar surface area (TPSA) is 123 Å². The molecule has 10 nitrogen and oxygen atoms in total. The fourth-order valence-electron chi connectivity index (χ4n) is 4.14. The number of amides is 1. The summed E-state index contributed by atoms with van der Waals surface area (Å²) in [7, 11) is 1.72. The van der Waals surface area contributed by atoms with E-state index in [2.05, 4.69) is 30.6 Å². The van der Waals surface area contributed by atoms with Gasteiger partial charge in [-0.2, -0.15) is 10.1 Å². The van der Waals surface area contributed by atoms with Crippen molar-refractivity contribution in [3.05, 3.63) is 48.0 Å². The number of hydrogen-bond donors (Lipinski definition) is 3. The van der Waals surface area contributed by atoms with E-state index in [0.29, 0.717) is 40.7 Å². The fourth-order valence-corrected chi connectivity index (χ4v) is 4.14. The number of aryl methyl sites for hydroxylation is 1. The van der Waals surface area contributed by atoms with Crippen molar-refractivity contribution in [1.82, 2.24) is 24.6 Å². The van der Waals surface area contributed by atoms with E-state index in [4.69, 9.17) is 10.5 Å². The van der Waals surface area contributed by atoms with Gasteiger partial charge in [0, 0.05) is 60.7 Å². The minimum absolute atomic E-state index is 0.0645. The largest absolute Gasteiger partial charge is 0.462 e. The second-order valence-corrected chi connectivity index (χ2v) is 9.13. The number of aromatic nitrogens is 4. The molecular formula is C25H29FN8O2. The first-order valence-corrected chi connectivity index (χ1v) is 12.0. The van der Waals surface area contributed by atoms with Crippen molar-refractivity contribution in [2.24, 2.45) is 12.8 Å². The number of hydrogen-bond acceptors (Lipinski definition) is 8. The van der Waals surface area contributed by atoms with E-state index < -0.39 is 11.7 Å². The Bertz CT molecular complexity index is 1420. The molecule has 1 aliphatic rings. The quantitative estimate of drug-likeness (QED) is 0.326.